The molecule has 0 saturated carbocycles. The van der Waals surface area contributed by atoms with E-state index in [0.717, 1.165) is 6.42 Å². The molecule has 0 fully saturated rings. The fourth-order valence-electron chi connectivity index (χ4n) is 2.67. The smallest absolute Gasteiger partial charge is 0.325 e. The molecule has 4 heteroatoms. The van der Waals surface area contributed by atoms with Gasteiger partial charge in [-0.3, -0.25) is 4.79 Å². The minimum atomic E-state index is -1.07. The largest absolute Gasteiger partial charge is 0.491 e. The molecule has 21 heavy (non-hydrogen) atoms. The number of ether oxygens (including phenoxy) is 1. The van der Waals surface area contributed by atoms with Gasteiger partial charge in [-0.05, 0) is 34.9 Å². The van der Waals surface area contributed by atoms with Crippen molar-refractivity contribution in [3.8, 4) is 5.75 Å². The number of carboxylic acids is 1. The van der Waals surface area contributed by atoms with Crippen molar-refractivity contribution in [2.45, 2.75) is 51.8 Å². The summed E-state index contributed by atoms with van der Waals surface area (Å²) in [6, 6.07) is 7.80. The molecule has 1 rings (SSSR count). The van der Waals surface area contributed by atoms with Crippen LogP contribution in [0.25, 0.3) is 0 Å². The second-order valence-electron chi connectivity index (χ2n) is 7.26. The van der Waals surface area contributed by atoms with Crippen molar-refractivity contribution in [1.82, 2.24) is 0 Å². The number of aliphatic carboxylic acids is 1. The van der Waals surface area contributed by atoms with E-state index < -0.39 is 11.3 Å². The number of hydrogen-bond donors (Lipinski definition) is 1. The fourth-order valence-corrected chi connectivity index (χ4v) is 2.73. The van der Waals surface area contributed by atoms with Crippen molar-refractivity contribution in [1.29, 1.82) is 0 Å². The zero-order valence-electron chi connectivity index (χ0n) is 13.4. The molecule has 0 aliphatic heterocycles. The van der Waals surface area contributed by atoms with E-state index in [9.17, 15) is 4.79 Å². The van der Waals surface area contributed by atoms with E-state index in [1.54, 1.807) is 0 Å². The molecular weight excluding hydrogens is 288 g/mol. The van der Waals surface area contributed by atoms with E-state index in [2.05, 4.69) is 34.6 Å². The van der Waals surface area contributed by atoms with Crippen LogP contribution in [0.3, 0.4) is 0 Å². The average Bonchev–Trinajstić information content (AvgIpc) is 2.33. The molecule has 1 aromatic carbocycles. The quantitative estimate of drug-likeness (QED) is 0.788. The molecule has 0 spiro atoms. The second-order valence-corrected chi connectivity index (χ2v) is 7.79. The highest BCUT2D eigenvalue weighted by atomic mass is 35.5. The first-order valence-electron chi connectivity index (χ1n) is 7.11. The topological polar surface area (TPSA) is 46.5 Å². The Morgan fingerprint density at radius 1 is 1.19 bits per heavy atom. The van der Waals surface area contributed by atoms with Crippen LogP contribution in [0.2, 0.25) is 0 Å². The molecule has 0 amide bonds. The molecule has 0 heterocycles. The molecule has 0 aliphatic rings. The summed E-state index contributed by atoms with van der Waals surface area (Å²) >= 11 is 5.62. The van der Waals surface area contributed by atoms with Crippen molar-refractivity contribution < 1.29 is 14.6 Å². The first-order valence-corrected chi connectivity index (χ1v) is 7.55. The van der Waals surface area contributed by atoms with Gasteiger partial charge in [-0.15, -0.1) is 11.6 Å². The molecule has 0 saturated heterocycles. The van der Waals surface area contributed by atoms with Crippen LogP contribution in [0.15, 0.2) is 24.3 Å². The summed E-state index contributed by atoms with van der Waals surface area (Å²) < 4.78 is 5.38. The highest BCUT2D eigenvalue weighted by Crippen LogP contribution is 2.36. The van der Waals surface area contributed by atoms with Gasteiger partial charge in [0.05, 0.1) is 0 Å². The van der Waals surface area contributed by atoms with Crippen molar-refractivity contribution in [2.24, 2.45) is 5.41 Å². The summed E-state index contributed by atoms with van der Waals surface area (Å²) in [7, 11) is 0. The maximum Gasteiger partial charge on any atom is 0.325 e. The van der Waals surface area contributed by atoms with Gasteiger partial charge in [0, 0.05) is 0 Å². The van der Waals surface area contributed by atoms with Crippen LogP contribution < -0.4 is 4.74 Å². The Morgan fingerprint density at radius 3 is 2.14 bits per heavy atom. The summed E-state index contributed by atoms with van der Waals surface area (Å²) in [6.07, 6.45) is 1.07. The Kier molecular flexibility index (Phi) is 5.68. The van der Waals surface area contributed by atoms with E-state index in [0.29, 0.717) is 5.75 Å². The normalized spacial score (nSPS) is 13.8. The third-order valence-corrected chi connectivity index (χ3v) is 3.59. The number of carbonyl (C=O) groups is 1. The Labute approximate surface area is 132 Å². The Morgan fingerprint density at radius 2 is 1.71 bits per heavy atom. The summed E-state index contributed by atoms with van der Waals surface area (Å²) in [4.78, 5) is 10.6. The van der Waals surface area contributed by atoms with Crippen LogP contribution in [0.1, 0.15) is 46.6 Å². The van der Waals surface area contributed by atoms with Gasteiger partial charge < -0.3 is 9.84 Å². The van der Waals surface area contributed by atoms with Crippen LogP contribution >= 0.6 is 11.6 Å². The number of benzene rings is 1. The standard InChI is InChI=1S/C17H25ClO3/c1-16(2,3)11-17(4,5)12-6-8-13(9-7-12)21-10-14(18)15(19)20/h6-9,14H,10-11H2,1-5H3,(H,19,20). The number of alkyl halides is 1. The highest BCUT2D eigenvalue weighted by Gasteiger charge is 2.27. The molecule has 1 atom stereocenters. The van der Waals surface area contributed by atoms with Crippen LogP contribution in [0.5, 0.6) is 5.75 Å². The first-order chi connectivity index (χ1) is 9.51. The predicted octanol–water partition coefficient (Wildman–Crippen LogP) is 4.47. The van der Waals surface area contributed by atoms with Crippen LogP contribution in [-0.2, 0) is 10.2 Å². The lowest BCUT2D eigenvalue weighted by Crippen LogP contribution is -2.24. The van der Waals surface area contributed by atoms with E-state index in [4.69, 9.17) is 21.4 Å². The van der Waals surface area contributed by atoms with E-state index in [1.165, 1.54) is 5.56 Å². The van der Waals surface area contributed by atoms with Crippen molar-refractivity contribution in [3.63, 3.8) is 0 Å². The summed E-state index contributed by atoms with van der Waals surface area (Å²) in [5.41, 5.74) is 1.57. The lowest BCUT2D eigenvalue weighted by atomic mass is 9.72. The molecule has 0 aromatic heterocycles. The molecule has 118 valence electrons. The highest BCUT2D eigenvalue weighted by molar-refractivity contribution is 6.29. The summed E-state index contributed by atoms with van der Waals surface area (Å²) in [6.45, 7) is 11.1. The number of halogens is 1. The van der Waals surface area contributed by atoms with Gasteiger partial charge in [-0.1, -0.05) is 46.8 Å². The van der Waals surface area contributed by atoms with E-state index >= 15 is 0 Å². The molecular formula is C17H25ClO3. The third kappa shape index (κ3) is 5.96. The molecule has 1 N–H and O–H groups in total. The Hall–Kier alpha value is -1.22. The maximum atomic E-state index is 10.6. The molecule has 0 aliphatic carbocycles. The summed E-state index contributed by atoms with van der Waals surface area (Å²) in [5.74, 6) is -0.434. The zero-order chi connectivity index (χ0) is 16.3. The van der Waals surface area contributed by atoms with E-state index in [1.807, 2.05) is 24.3 Å². The van der Waals surface area contributed by atoms with Gasteiger partial charge in [-0.25, -0.2) is 0 Å². The predicted molar refractivity (Wildman–Crippen MR) is 86.3 cm³/mol. The second kappa shape index (κ2) is 6.69. The molecule has 3 nitrogen and oxygen atoms in total. The number of rotatable bonds is 6. The maximum absolute atomic E-state index is 10.6. The first kappa shape index (κ1) is 17.8. The van der Waals surface area contributed by atoms with Gasteiger partial charge in [0.15, 0.2) is 5.38 Å². The van der Waals surface area contributed by atoms with Gasteiger partial charge in [0.1, 0.15) is 12.4 Å². The molecule has 0 radical (unpaired) electrons. The van der Waals surface area contributed by atoms with E-state index in [-0.39, 0.29) is 17.4 Å². The summed E-state index contributed by atoms with van der Waals surface area (Å²) in [5, 5.41) is 7.68. The molecule has 1 aromatic rings. The Bertz CT molecular complexity index is 472. The number of carboxylic acid groups (broad SMARTS) is 1. The molecule has 1 unspecified atom stereocenters. The lowest BCUT2D eigenvalue weighted by Gasteiger charge is -2.33. The zero-order valence-corrected chi connectivity index (χ0v) is 14.2. The SMILES string of the molecule is CC(C)(C)CC(C)(C)c1ccc(OCC(Cl)C(=O)O)cc1. The van der Waals surface area contributed by atoms with Gasteiger partial charge >= 0.3 is 5.97 Å². The minimum Gasteiger partial charge on any atom is -0.491 e. The number of hydrogen-bond acceptors (Lipinski definition) is 2. The van der Waals surface area contributed by atoms with Gasteiger partial charge in [-0.2, -0.15) is 0 Å². The van der Waals surface area contributed by atoms with Gasteiger partial charge in [0.25, 0.3) is 0 Å². The monoisotopic (exact) mass is 312 g/mol. The van der Waals surface area contributed by atoms with Crippen LogP contribution in [-0.4, -0.2) is 23.1 Å². The van der Waals surface area contributed by atoms with Crippen molar-refractivity contribution in [3.05, 3.63) is 29.8 Å². The van der Waals surface area contributed by atoms with Crippen molar-refractivity contribution >= 4 is 17.6 Å². The fraction of sp³-hybridized carbons (Fsp3) is 0.588. The Balaban J connectivity index is 2.71. The van der Waals surface area contributed by atoms with Gasteiger partial charge in [0.2, 0.25) is 0 Å². The van der Waals surface area contributed by atoms with Crippen LogP contribution in [0, 0.1) is 5.41 Å². The minimum absolute atomic E-state index is 0.0401. The third-order valence-electron chi connectivity index (χ3n) is 3.27. The van der Waals surface area contributed by atoms with Crippen LogP contribution in [0.4, 0.5) is 0 Å². The van der Waals surface area contributed by atoms with Crippen molar-refractivity contribution in [2.75, 3.05) is 6.61 Å². The lowest BCUT2D eigenvalue weighted by molar-refractivity contribution is -0.137. The average molecular weight is 313 g/mol. The molecule has 0 bridgehead atoms.